The normalized spacial score (nSPS) is 17.3. The van der Waals surface area contributed by atoms with Gasteiger partial charge in [0.15, 0.2) is 0 Å². The molecular weight excluding hydrogens is 267 g/mol. The van der Waals surface area contributed by atoms with Gasteiger partial charge in [0.05, 0.1) is 5.56 Å². The summed E-state index contributed by atoms with van der Waals surface area (Å²) in [5, 5.41) is 0. The molecule has 0 aromatic heterocycles. The van der Waals surface area contributed by atoms with Gasteiger partial charge in [-0.2, -0.15) is 13.2 Å². The summed E-state index contributed by atoms with van der Waals surface area (Å²) in [5.74, 6) is 0.486. The third-order valence-corrected chi connectivity index (χ3v) is 3.94. The van der Waals surface area contributed by atoms with E-state index in [-0.39, 0.29) is 5.91 Å². The minimum absolute atomic E-state index is 0.173. The number of likely N-dealkylation sites (tertiary alicyclic amines) is 1. The number of halogens is 3. The van der Waals surface area contributed by atoms with E-state index in [2.05, 4.69) is 6.92 Å². The van der Waals surface area contributed by atoms with Gasteiger partial charge in [0.2, 0.25) is 0 Å². The average Bonchev–Trinajstić information content (AvgIpc) is 2.46. The van der Waals surface area contributed by atoms with Crippen molar-refractivity contribution in [3.63, 3.8) is 0 Å². The number of hydrogen-bond donors (Lipinski definition) is 0. The van der Waals surface area contributed by atoms with Gasteiger partial charge in [-0.1, -0.05) is 13.3 Å². The van der Waals surface area contributed by atoms with Gasteiger partial charge in [0.1, 0.15) is 0 Å². The number of benzene rings is 1. The highest BCUT2D eigenvalue weighted by Gasteiger charge is 2.30. The number of nitrogens with zero attached hydrogens (tertiary/aromatic N) is 1. The van der Waals surface area contributed by atoms with Crippen molar-refractivity contribution in [1.29, 1.82) is 0 Å². The fourth-order valence-electron chi connectivity index (χ4n) is 2.53. The van der Waals surface area contributed by atoms with Crippen molar-refractivity contribution >= 4 is 5.91 Å². The van der Waals surface area contributed by atoms with Gasteiger partial charge < -0.3 is 4.90 Å². The van der Waals surface area contributed by atoms with Gasteiger partial charge in [-0.15, -0.1) is 0 Å². The molecule has 5 heteroatoms. The molecule has 1 fully saturated rings. The Morgan fingerprint density at radius 2 is 1.75 bits per heavy atom. The predicted octanol–water partition coefficient (Wildman–Crippen LogP) is 3.97. The SMILES string of the molecule is CCC1CCN(C(=O)c2ccc(C(F)(F)F)cc2)CC1. The van der Waals surface area contributed by atoms with Crippen molar-refractivity contribution in [2.75, 3.05) is 13.1 Å². The van der Waals surface area contributed by atoms with E-state index >= 15 is 0 Å². The van der Waals surface area contributed by atoms with E-state index in [9.17, 15) is 18.0 Å². The molecule has 110 valence electrons. The van der Waals surface area contributed by atoms with E-state index in [0.29, 0.717) is 24.6 Å². The Morgan fingerprint density at radius 1 is 1.20 bits per heavy atom. The predicted molar refractivity (Wildman–Crippen MR) is 70.4 cm³/mol. The van der Waals surface area contributed by atoms with Crippen LogP contribution in [0.5, 0.6) is 0 Å². The summed E-state index contributed by atoms with van der Waals surface area (Å²) in [5.41, 5.74) is -0.397. The summed E-state index contributed by atoms with van der Waals surface area (Å²) >= 11 is 0. The first-order valence-electron chi connectivity index (χ1n) is 6.88. The van der Waals surface area contributed by atoms with Crippen LogP contribution in [-0.2, 0) is 6.18 Å². The van der Waals surface area contributed by atoms with Gasteiger partial charge >= 0.3 is 6.18 Å². The second kappa shape index (κ2) is 5.85. The summed E-state index contributed by atoms with van der Waals surface area (Å²) in [6, 6.07) is 4.45. The van der Waals surface area contributed by atoms with Crippen LogP contribution in [0.3, 0.4) is 0 Å². The maximum absolute atomic E-state index is 12.5. The van der Waals surface area contributed by atoms with Crippen LogP contribution in [0, 0.1) is 5.92 Å². The lowest BCUT2D eigenvalue weighted by atomic mass is 9.94. The summed E-state index contributed by atoms with van der Waals surface area (Å²) in [4.78, 5) is 13.9. The van der Waals surface area contributed by atoms with E-state index in [0.717, 1.165) is 31.4 Å². The Kier molecular flexibility index (Phi) is 4.35. The minimum atomic E-state index is -4.36. The highest BCUT2D eigenvalue weighted by atomic mass is 19.4. The lowest BCUT2D eigenvalue weighted by Crippen LogP contribution is -2.38. The van der Waals surface area contributed by atoms with Crippen molar-refractivity contribution in [3.05, 3.63) is 35.4 Å². The number of carbonyl (C=O) groups excluding carboxylic acids is 1. The van der Waals surface area contributed by atoms with Gasteiger partial charge in [-0.3, -0.25) is 4.79 Å². The molecule has 1 aliphatic rings. The largest absolute Gasteiger partial charge is 0.416 e. The second-order valence-electron chi connectivity index (χ2n) is 5.22. The Labute approximate surface area is 116 Å². The molecule has 0 unspecified atom stereocenters. The van der Waals surface area contributed by atoms with Crippen molar-refractivity contribution in [2.24, 2.45) is 5.92 Å². The second-order valence-corrected chi connectivity index (χ2v) is 5.22. The molecule has 1 aliphatic heterocycles. The smallest absolute Gasteiger partial charge is 0.339 e. The first-order chi connectivity index (χ1) is 9.41. The molecule has 0 bridgehead atoms. The van der Waals surface area contributed by atoms with Crippen LogP contribution in [-0.4, -0.2) is 23.9 Å². The van der Waals surface area contributed by atoms with Crippen LogP contribution >= 0.6 is 0 Å². The third kappa shape index (κ3) is 3.32. The van der Waals surface area contributed by atoms with E-state index in [1.807, 2.05) is 0 Å². The fraction of sp³-hybridized carbons (Fsp3) is 0.533. The van der Waals surface area contributed by atoms with Gasteiger partial charge in [0, 0.05) is 18.7 Å². The Bertz CT molecular complexity index is 459. The Hall–Kier alpha value is -1.52. The molecular formula is C15H18F3NO. The zero-order chi connectivity index (χ0) is 14.8. The number of amides is 1. The quantitative estimate of drug-likeness (QED) is 0.805. The molecule has 0 saturated carbocycles. The van der Waals surface area contributed by atoms with E-state index in [1.54, 1.807) is 4.90 Å². The van der Waals surface area contributed by atoms with Gasteiger partial charge in [-0.05, 0) is 43.0 Å². The highest BCUT2D eigenvalue weighted by Crippen LogP contribution is 2.29. The standard InChI is InChI=1S/C15H18F3NO/c1-2-11-7-9-19(10-8-11)14(20)12-3-5-13(6-4-12)15(16,17)18/h3-6,11H,2,7-10H2,1H3. The topological polar surface area (TPSA) is 20.3 Å². The molecule has 1 aromatic rings. The summed E-state index contributed by atoms with van der Waals surface area (Å²) in [6.07, 6.45) is -1.30. The van der Waals surface area contributed by atoms with Crippen LogP contribution < -0.4 is 0 Å². The first-order valence-corrected chi connectivity index (χ1v) is 6.88. The Balaban J connectivity index is 2.03. The molecule has 2 rings (SSSR count). The lowest BCUT2D eigenvalue weighted by molar-refractivity contribution is -0.137. The maximum atomic E-state index is 12.5. The molecule has 1 heterocycles. The molecule has 2 nitrogen and oxygen atoms in total. The number of alkyl halides is 3. The summed E-state index contributed by atoms with van der Waals surface area (Å²) < 4.78 is 37.4. The molecule has 1 saturated heterocycles. The lowest BCUT2D eigenvalue weighted by Gasteiger charge is -2.31. The van der Waals surface area contributed by atoms with E-state index in [4.69, 9.17) is 0 Å². The van der Waals surface area contributed by atoms with Crippen molar-refractivity contribution < 1.29 is 18.0 Å². The molecule has 20 heavy (non-hydrogen) atoms. The highest BCUT2D eigenvalue weighted by molar-refractivity contribution is 5.94. The van der Waals surface area contributed by atoms with Crippen LogP contribution in [0.2, 0.25) is 0 Å². The molecule has 0 radical (unpaired) electrons. The van der Waals surface area contributed by atoms with Gasteiger partial charge in [-0.25, -0.2) is 0 Å². The fourth-order valence-corrected chi connectivity index (χ4v) is 2.53. The van der Waals surface area contributed by atoms with Crippen molar-refractivity contribution in [2.45, 2.75) is 32.4 Å². The number of piperidine rings is 1. The van der Waals surface area contributed by atoms with Crippen LogP contribution in [0.4, 0.5) is 13.2 Å². The number of rotatable bonds is 2. The summed E-state index contributed by atoms with van der Waals surface area (Å²) in [6.45, 7) is 3.52. The van der Waals surface area contributed by atoms with Crippen LogP contribution in [0.1, 0.15) is 42.1 Å². The number of carbonyl (C=O) groups is 1. The van der Waals surface area contributed by atoms with Crippen molar-refractivity contribution in [1.82, 2.24) is 4.90 Å². The van der Waals surface area contributed by atoms with E-state index in [1.165, 1.54) is 12.1 Å². The zero-order valence-electron chi connectivity index (χ0n) is 11.4. The number of hydrogen-bond acceptors (Lipinski definition) is 1. The third-order valence-electron chi connectivity index (χ3n) is 3.94. The van der Waals surface area contributed by atoms with E-state index < -0.39 is 11.7 Å². The monoisotopic (exact) mass is 285 g/mol. The maximum Gasteiger partial charge on any atom is 0.416 e. The van der Waals surface area contributed by atoms with Crippen molar-refractivity contribution in [3.8, 4) is 0 Å². The molecule has 0 aliphatic carbocycles. The van der Waals surface area contributed by atoms with Gasteiger partial charge in [0.25, 0.3) is 5.91 Å². The molecule has 0 N–H and O–H groups in total. The average molecular weight is 285 g/mol. The van der Waals surface area contributed by atoms with Crippen LogP contribution in [0.25, 0.3) is 0 Å². The molecule has 1 amide bonds. The first kappa shape index (κ1) is 14.9. The minimum Gasteiger partial charge on any atom is -0.339 e. The van der Waals surface area contributed by atoms with Crippen LogP contribution in [0.15, 0.2) is 24.3 Å². The molecule has 0 spiro atoms. The molecule has 0 atom stereocenters. The Morgan fingerprint density at radius 3 is 2.20 bits per heavy atom. The zero-order valence-corrected chi connectivity index (χ0v) is 11.4. The molecule has 1 aromatic carbocycles. The summed E-state index contributed by atoms with van der Waals surface area (Å²) in [7, 11) is 0.